The van der Waals surface area contributed by atoms with Gasteiger partial charge in [-0.15, -0.1) is 0 Å². The lowest BCUT2D eigenvalue weighted by Crippen LogP contribution is -2.44. The summed E-state index contributed by atoms with van der Waals surface area (Å²) < 4.78 is 0. The average Bonchev–Trinajstić information content (AvgIpc) is 3.52. The van der Waals surface area contributed by atoms with Gasteiger partial charge >= 0.3 is 0 Å². The van der Waals surface area contributed by atoms with Crippen LogP contribution in [0, 0.1) is 0 Å². The van der Waals surface area contributed by atoms with Crippen molar-refractivity contribution in [2.45, 2.75) is 63.5 Å². The van der Waals surface area contributed by atoms with E-state index in [9.17, 15) is 0 Å². The summed E-state index contributed by atoms with van der Waals surface area (Å²) in [6.45, 7) is 2.17. The second-order valence-electron chi connectivity index (χ2n) is 8.22. The minimum atomic E-state index is 0.679. The Balaban J connectivity index is 1.44. The molecule has 0 radical (unpaired) electrons. The minimum Gasteiger partial charge on any atom is -0.356 e. The molecule has 0 unspecified atom stereocenters. The van der Waals surface area contributed by atoms with Crippen molar-refractivity contribution < 1.29 is 0 Å². The topological polar surface area (TPSA) is 41.1 Å². The van der Waals surface area contributed by atoms with E-state index >= 15 is 0 Å². The molecule has 1 saturated carbocycles. The van der Waals surface area contributed by atoms with Gasteiger partial charge in [-0.3, -0.25) is 0 Å². The number of hydrogen-bond donors (Lipinski definition) is 1. The van der Waals surface area contributed by atoms with Crippen LogP contribution in [0.3, 0.4) is 0 Å². The Kier molecular flexibility index (Phi) is 4.78. The van der Waals surface area contributed by atoms with Crippen molar-refractivity contribution in [3.63, 3.8) is 0 Å². The Hall–Kier alpha value is -1.65. The van der Waals surface area contributed by atoms with Gasteiger partial charge in [0, 0.05) is 47.0 Å². The first-order valence-corrected chi connectivity index (χ1v) is 10.8. The monoisotopic (exact) mass is 382 g/mol. The van der Waals surface area contributed by atoms with Gasteiger partial charge < -0.3 is 10.2 Å². The van der Waals surface area contributed by atoms with Gasteiger partial charge in [-0.1, -0.05) is 23.7 Å². The van der Waals surface area contributed by atoms with Crippen molar-refractivity contribution in [1.29, 1.82) is 0 Å². The predicted molar refractivity (Wildman–Crippen MR) is 111 cm³/mol. The molecule has 1 saturated heterocycles. The first kappa shape index (κ1) is 17.4. The third-order valence-electron chi connectivity index (χ3n) is 6.09. The number of anilines is 1. The lowest BCUT2D eigenvalue weighted by molar-refractivity contribution is 0.410. The van der Waals surface area contributed by atoms with E-state index in [1.807, 2.05) is 18.2 Å². The van der Waals surface area contributed by atoms with Crippen molar-refractivity contribution in [3.8, 4) is 11.4 Å². The summed E-state index contributed by atoms with van der Waals surface area (Å²) >= 11 is 6.22. The predicted octanol–water partition coefficient (Wildman–Crippen LogP) is 4.40. The average molecular weight is 383 g/mol. The number of halogens is 1. The normalized spacial score (nSPS) is 20.6. The molecule has 2 aliphatic carbocycles. The maximum absolute atomic E-state index is 6.22. The first-order chi connectivity index (χ1) is 13.3. The highest BCUT2D eigenvalue weighted by Gasteiger charge is 2.29. The van der Waals surface area contributed by atoms with Crippen molar-refractivity contribution in [2.75, 3.05) is 18.0 Å². The van der Waals surface area contributed by atoms with Crippen molar-refractivity contribution in [2.24, 2.45) is 0 Å². The number of nitrogens with one attached hydrogen (secondary N) is 1. The summed E-state index contributed by atoms with van der Waals surface area (Å²) in [6.07, 6.45) is 9.80. The zero-order valence-corrected chi connectivity index (χ0v) is 16.5. The van der Waals surface area contributed by atoms with E-state index in [-0.39, 0.29) is 0 Å². The molecule has 2 fully saturated rings. The largest absolute Gasteiger partial charge is 0.356 e. The summed E-state index contributed by atoms with van der Waals surface area (Å²) in [6, 6.07) is 9.40. The number of hydrogen-bond acceptors (Lipinski definition) is 4. The van der Waals surface area contributed by atoms with Gasteiger partial charge in [0.15, 0.2) is 5.82 Å². The molecule has 3 aliphatic rings. The third kappa shape index (κ3) is 3.83. The second-order valence-corrected chi connectivity index (χ2v) is 8.65. The second kappa shape index (κ2) is 7.40. The van der Waals surface area contributed by atoms with Gasteiger partial charge in [0.1, 0.15) is 5.82 Å². The minimum absolute atomic E-state index is 0.679. The van der Waals surface area contributed by atoms with Crippen LogP contribution in [0.1, 0.15) is 49.8 Å². The van der Waals surface area contributed by atoms with Crippen LogP contribution in [-0.4, -0.2) is 35.1 Å². The molecule has 27 heavy (non-hydrogen) atoms. The molecule has 2 aromatic rings. The van der Waals surface area contributed by atoms with Crippen molar-refractivity contribution >= 4 is 17.4 Å². The highest BCUT2D eigenvalue weighted by atomic mass is 35.5. The quantitative estimate of drug-likeness (QED) is 0.851. The fourth-order valence-electron chi connectivity index (χ4n) is 4.43. The van der Waals surface area contributed by atoms with Crippen LogP contribution in [0.15, 0.2) is 24.3 Å². The van der Waals surface area contributed by atoms with Crippen molar-refractivity contribution in [3.05, 3.63) is 40.5 Å². The summed E-state index contributed by atoms with van der Waals surface area (Å²) in [5.41, 5.74) is 3.66. The Morgan fingerprint density at radius 2 is 1.74 bits per heavy atom. The van der Waals surface area contributed by atoms with E-state index in [4.69, 9.17) is 21.6 Å². The summed E-state index contributed by atoms with van der Waals surface area (Å²) in [5, 5.41) is 4.53. The molecule has 1 N–H and O–H groups in total. The van der Waals surface area contributed by atoms with E-state index in [0.29, 0.717) is 6.04 Å². The molecule has 5 rings (SSSR count). The van der Waals surface area contributed by atoms with Gasteiger partial charge in [0.25, 0.3) is 0 Å². The molecule has 4 nitrogen and oxygen atoms in total. The Morgan fingerprint density at radius 1 is 0.963 bits per heavy atom. The molecular formula is C22H27ClN4. The smallest absolute Gasteiger partial charge is 0.161 e. The molecule has 1 aromatic heterocycles. The molecular weight excluding hydrogens is 356 g/mol. The SMILES string of the molecule is Clc1cccc(-c2nc3c(c(N4CCC(NC5CC5)CC4)n2)CCCC3)c1. The van der Waals surface area contributed by atoms with E-state index < -0.39 is 0 Å². The van der Waals surface area contributed by atoms with Crippen LogP contribution >= 0.6 is 11.6 Å². The molecule has 5 heteroatoms. The Bertz CT molecular complexity index is 825. The zero-order chi connectivity index (χ0) is 18.2. The number of fused-ring (bicyclic) bond motifs is 1. The summed E-state index contributed by atoms with van der Waals surface area (Å²) in [4.78, 5) is 12.5. The number of benzene rings is 1. The van der Waals surface area contributed by atoms with Gasteiger partial charge in [0.2, 0.25) is 0 Å². The number of piperidine rings is 1. The van der Waals surface area contributed by atoms with E-state index in [2.05, 4.69) is 16.3 Å². The fraction of sp³-hybridized carbons (Fsp3) is 0.545. The molecule has 0 spiro atoms. The summed E-state index contributed by atoms with van der Waals surface area (Å²) in [7, 11) is 0. The van der Waals surface area contributed by atoms with E-state index in [0.717, 1.165) is 48.4 Å². The first-order valence-electron chi connectivity index (χ1n) is 10.4. The molecule has 0 bridgehead atoms. The van der Waals surface area contributed by atoms with Crippen LogP contribution in [0.2, 0.25) is 5.02 Å². The molecule has 142 valence electrons. The van der Waals surface area contributed by atoms with Gasteiger partial charge in [0.05, 0.1) is 0 Å². The van der Waals surface area contributed by atoms with Gasteiger partial charge in [-0.05, 0) is 63.5 Å². The molecule has 1 aliphatic heterocycles. The lowest BCUT2D eigenvalue weighted by Gasteiger charge is -2.35. The molecule has 0 amide bonds. The highest BCUT2D eigenvalue weighted by Crippen LogP contribution is 2.33. The molecule has 2 heterocycles. The zero-order valence-electron chi connectivity index (χ0n) is 15.8. The van der Waals surface area contributed by atoms with E-state index in [1.54, 1.807) is 0 Å². The molecule has 0 atom stereocenters. The number of aromatic nitrogens is 2. The summed E-state index contributed by atoms with van der Waals surface area (Å²) in [5.74, 6) is 2.01. The van der Waals surface area contributed by atoms with E-state index in [1.165, 1.54) is 55.6 Å². The number of aryl methyl sites for hydroxylation is 1. The standard InChI is InChI=1S/C22H27ClN4/c23-16-5-3-4-15(14-16)21-25-20-7-2-1-6-19(20)22(26-21)27-12-10-18(11-13-27)24-17-8-9-17/h3-5,14,17-18,24H,1-2,6-13H2. The van der Waals surface area contributed by atoms with Crippen molar-refractivity contribution in [1.82, 2.24) is 15.3 Å². The Morgan fingerprint density at radius 3 is 2.52 bits per heavy atom. The number of rotatable bonds is 4. The van der Waals surface area contributed by atoms with Crippen LogP contribution in [0.5, 0.6) is 0 Å². The Labute approximate surface area is 166 Å². The number of nitrogens with zero attached hydrogens (tertiary/aromatic N) is 3. The van der Waals surface area contributed by atoms with Gasteiger partial charge in [-0.2, -0.15) is 0 Å². The maximum Gasteiger partial charge on any atom is 0.161 e. The highest BCUT2D eigenvalue weighted by molar-refractivity contribution is 6.30. The van der Waals surface area contributed by atoms with Crippen LogP contribution in [-0.2, 0) is 12.8 Å². The molecule has 1 aromatic carbocycles. The van der Waals surface area contributed by atoms with Crippen LogP contribution in [0.4, 0.5) is 5.82 Å². The maximum atomic E-state index is 6.22. The lowest BCUT2D eigenvalue weighted by atomic mass is 9.95. The fourth-order valence-corrected chi connectivity index (χ4v) is 4.62. The van der Waals surface area contributed by atoms with Crippen LogP contribution in [0.25, 0.3) is 11.4 Å². The van der Waals surface area contributed by atoms with Gasteiger partial charge in [-0.25, -0.2) is 9.97 Å². The van der Waals surface area contributed by atoms with Crippen LogP contribution < -0.4 is 10.2 Å². The third-order valence-corrected chi connectivity index (χ3v) is 6.32.